The maximum Gasteiger partial charge on any atom is 0.296 e. The summed E-state index contributed by atoms with van der Waals surface area (Å²) in [6.45, 7) is 10.1. The van der Waals surface area contributed by atoms with Gasteiger partial charge in [-0.3, -0.25) is 9.59 Å². The third kappa shape index (κ3) is 5.85. The van der Waals surface area contributed by atoms with E-state index in [2.05, 4.69) is 37.1 Å². The summed E-state index contributed by atoms with van der Waals surface area (Å²) in [5.74, 6) is 5.80. The third-order valence-corrected chi connectivity index (χ3v) is 6.13. The fraction of sp³-hybridized carbons (Fsp3) is 0.739. The molecule has 1 atom stereocenters. The van der Waals surface area contributed by atoms with Crippen molar-refractivity contribution in [2.75, 3.05) is 26.8 Å². The van der Waals surface area contributed by atoms with Crippen LogP contribution in [0.3, 0.4) is 0 Å². The third-order valence-electron chi connectivity index (χ3n) is 6.13. The van der Waals surface area contributed by atoms with Crippen molar-refractivity contribution in [3.63, 3.8) is 0 Å². The van der Waals surface area contributed by atoms with Crippen molar-refractivity contribution in [3.8, 4) is 11.8 Å². The molecule has 2 aliphatic rings. The molecule has 0 aromatic rings. The molecule has 5 nitrogen and oxygen atoms in total. The summed E-state index contributed by atoms with van der Waals surface area (Å²) in [5.41, 5.74) is 0.741. The number of allylic oxidation sites excluding steroid dienone is 2. The Labute approximate surface area is 170 Å². The summed E-state index contributed by atoms with van der Waals surface area (Å²) in [6.07, 6.45) is 7.16. The quantitative estimate of drug-likeness (QED) is 0.581. The van der Waals surface area contributed by atoms with Crippen LogP contribution < -0.4 is 5.32 Å². The van der Waals surface area contributed by atoms with E-state index in [-0.39, 0.29) is 28.7 Å². The zero-order valence-electron chi connectivity index (χ0n) is 18.2. The first-order chi connectivity index (χ1) is 13.2. The number of carbonyl (C=O) groups is 2. The molecule has 0 radical (unpaired) electrons. The average Bonchev–Trinajstić information content (AvgIpc) is 2.67. The van der Waals surface area contributed by atoms with Gasteiger partial charge in [0.1, 0.15) is 0 Å². The van der Waals surface area contributed by atoms with Crippen molar-refractivity contribution in [2.45, 2.75) is 71.8 Å². The van der Waals surface area contributed by atoms with E-state index in [1.165, 1.54) is 5.57 Å². The van der Waals surface area contributed by atoms with Crippen molar-refractivity contribution in [2.24, 2.45) is 11.3 Å². The molecule has 5 heteroatoms. The molecule has 2 rings (SSSR count). The molecule has 0 saturated carbocycles. The largest absolute Gasteiger partial charge is 0.385 e. The molecule has 1 saturated heterocycles. The van der Waals surface area contributed by atoms with Gasteiger partial charge in [-0.05, 0) is 51.4 Å². The van der Waals surface area contributed by atoms with Crippen LogP contribution in [0, 0.1) is 23.2 Å². The lowest BCUT2D eigenvalue weighted by Gasteiger charge is -2.45. The van der Waals surface area contributed by atoms with E-state index < -0.39 is 0 Å². The van der Waals surface area contributed by atoms with Gasteiger partial charge in [-0.2, -0.15) is 0 Å². The molecule has 1 unspecified atom stereocenters. The van der Waals surface area contributed by atoms with Crippen molar-refractivity contribution in [1.82, 2.24) is 10.2 Å². The first-order valence-electron chi connectivity index (χ1n) is 10.5. The van der Waals surface area contributed by atoms with Crippen molar-refractivity contribution >= 4 is 11.8 Å². The summed E-state index contributed by atoms with van der Waals surface area (Å²) in [4.78, 5) is 27.5. The van der Waals surface area contributed by atoms with Gasteiger partial charge in [0.05, 0.1) is 5.41 Å². The number of hydrogen-bond acceptors (Lipinski definition) is 3. The summed E-state index contributed by atoms with van der Waals surface area (Å²) in [5, 5.41) is 3.14. The predicted molar refractivity (Wildman–Crippen MR) is 112 cm³/mol. The topological polar surface area (TPSA) is 58.6 Å². The lowest BCUT2D eigenvalue weighted by atomic mass is 9.75. The molecule has 2 amide bonds. The number of piperidine rings is 1. The second-order valence-electron chi connectivity index (χ2n) is 9.01. The van der Waals surface area contributed by atoms with E-state index in [9.17, 15) is 9.59 Å². The van der Waals surface area contributed by atoms with Gasteiger partial charge in [-0.1, -0.05) is 38.3 Å². The lowest BCUT2D eigenvalue weighted by Crippen LogP contribution is -2.58. The SMILES string of the molecule is COCCC1(NC(=O)C#CC(C)C)CCN(C(=O)C2(C)CC=C(C)CC2)CC1. The fourth-order valence-corrected chi connectivity index (χ4v) is 4.01. The second kappa shape index (κ2) is 9.60. The number of rotatable bonds is 5. The molecule has 0 aromatic heterocycles. The number of likely N-dealkylation sites (tertiary alicyclic amines) is 1. The monoisotopic (exact) mass is 388 g/mol. The number of methoxy groups -OCH3 is 1. The number of hydrogen-bond donors (Lipinski definition) is 1. The molecule has 0 aromatic carbocycles. The zero-order valence-corrected chi connectivity index (χ0v) is 18.2. The van der Waals surface area contributed by atoms with Gasteiger partial charge in [0, 0.05) is 38.3 Å². The predicted octanol–water partition coefficient (Wildman–Crippen LogP) is 3.30. The smallest absolute Gasteiger partial charge is 0.296 e. The molecule has 1 heterocycles. The van der Waals surface area contributed by atoms with E-state index in [0.717, 1.165) is 38.5 Å². The maximum absolute atomic E-state index is 13.2. The maximum atomic E-state index is 13.2. The molecular formula is C23H36N2O3. The van der Waals surface area contributed by atoms with Crippen molar-refractivity contribution in [3.05, 3.63) is 11.6 Å². The Morgan fingerprint density at radius 1 is 1.29 bits per heavy atom. The minimum Gasteiger partial charge on any atom is -0.385 e. The van der Waals surface area contributed by atoms with Crippen LogP contribution in [0.1, 0.15) is 66.2 Å². The van der Waals surface area contributed by atoms with Gasteiger partial charge in [-0.15, -0.1) is 0 Å². The fourth-order valence-electron chi connectivity index (χ4n) is 4.01. The Kier molecular flexibility index (Phi) is 7.71. The van der Waals surface area contributed by atoms with E-state index >= 15 is 0 Å². The molecular weight excluding hydrogens is 352 g/mol. The van der Waals surface area contributed by atoms with Gasteiger partial charge in [0.2, 0.25) is 5.91 Å². The second-order valence-corrected chi connectivity index (χ2v) is 9.01. The Morgan fingerprint density at radius 3 is 2.50 bits per heavy atom. The average molecular weight is 389 g/mol. The number of amides is 2. The van der Waals surface area contributed by atoms with Gasteiger partial charge in [-0.25, -0.2) is 0 Å². The van der Waals surface area contributed by atoms with Gasteiger partial charge in [0.15, 0.2) is 0 Å². The minimum absolute atomic E-state index is 0.161. The summed E-state index contributed by atoms with van der Waals surface area (Å²) < 4.78 is 5.27. The Balaban J connectivity index is 2.02. The molecule has 1 fully saturated rings. The Hall–Kier alpha value is -1.80. The van der Waals surface area contributed by atoms with Crippen LogP contribution in [-0.4, -0.2) is 49.1 Å². The highest BCUT2D eigenvalue weighted by molar-refractivity contribution is 5.94. The molecule has 1 aliphatic heterocycles. The first-order valence-corrected chi connectivity index (χ1v) is 10.5. The number of nitrogens with zero attached hydrogens (tertiary/aromatic N) is 1. The minimum atomic E-state index is -0.348. The summed E-state index contributed by atoms with van der Waals surface area (Å²) in [6, 6.07) is 0. The summed E-state index contributed by atoms with van der Waals surface area (Å²) in [7, 11) is 1.67. The van der Waals surface area contributed by atoms with Crippen LogP contribution in [-0.2, 0) is 14.3 Å². The molecule has 0 bridgehead atoms. The van der Waals surface area contributed by atoms with E-state index in [1.54, 1.807) is 7.11 Å². The van der Waals surface area contributed by atoms with E-state index in [0.29, 0.717) is 19.7 Å². The molecule has 1 N–H and O–H groups in total. The number of carbonyl (C=O) groups excluding carboxylic acids is 2. The number of ether oxygens (including phenoxy) is 1. The van der Waals surface area contributed by atoms with Crippen LogP contribution in [0.5, 0.6) is 0 Å². The standard InChI is InChI=1S/C23H36N2O3/c1-18(2)6-7-20(26)24-23(14-17-28-5)12-15-25(16-13-23)21(27)22(4)10-8-19(3)9-11-22/h8,18H,9-17H2,1-5H3,(H,24,26). The lowest BCUT2D eigenvalue weighted by molar-refractivity contribution is -0.143. The van der Waals surface area contributed by atoms with Crippen molar-refractivity contribution < 1.29 is 14.3 Å². The van der Waals surface area contributed by atoms with Gasteiger partial charge >= 0.3 is 0 Å². The van der Waals surface area contributed by atoms with Crippen LogP contribution in [0.25, 0.3) is 0 Å². The zero-order chi connectivity index (χ0) is 20.8. The Morgan fingerprint density at radius 2 is 1.96 bits per heavy atom. The van der Waals surface area contributed by atoms with E-state index in [4.69, 9.17) is 4.74 Å². The number of nitrogens with one attached hydrogen (secondary N) is 1. The molecule has 1 aliphatic carbocycles. The molecule has 28 heavy (non-hydrogen) atoms. The van der Waals surface area contributed by atoms with Crippen LogP contribution >= 0.6 is 0 Å². The Bertz CT molecular complexity index is 663. The van der Waals surface area contributed by atoms with Gasteiger partial charge in [0.25, 0.3) is 5.91 Å². The van der Waals surface area contributed by atoms with Crippen LogP contribution in [0.15, 0.2) is 11.6 Å². The highest BCUT2D eigenvalue weighted by atomic mass is 16.5. The first kappa shape index (κ1) is 22.5. The van der Waals surface area contributed by atoms with E-state index in [1.807, 2.05) is 18.7 Å². The van der Waals surface area contributed by atoms with Crippen LogP contribution in [0.2, 0.25) is 0 Å². The van der Waals surface area contributed by atoms with Crippen LogP contribution in [0.4, 0.5) is 0 Å². The normalized spacial score (nSPS) is 24.2. The highest BCUT2D eigenvalue weighted by Gasteiger charge is 2.42. The van der Waals surface area contributed by atoms with Crippen molar-refractivity contribution in [1.29, 1.82) is 0 Å². The molecule has 0 spiro atoms. The summed E-state index contributed by atoms with van der Waals surface area (Å²) >= 11 is 0. The van der Waals surface area contributed by atoms with Gasteiger partial charge < -0.3 is 15.0 Å². The molecule has 156 valence electrons. The highest BCUT2D eigenvalue weighted by Crippen LogP contribution is 2.38.